The first-order chi connectivity index (χ1) is 18.0. The Kier molecular flexibility index (Phi) is 7.57. The lowest BCUT2D eigenvalue weighted by Gasteiger charge is -2.33. The summed E-state index contributed by atoms with van der Waals surface area (Å²) in [6.45, 7) is 6.58. The number of aliphatic hydroxyl groups excluding tert-OH is 1. The van der Waals surface area contributed by atoms with Gasteiger partial charge in [0.1, 0.15) is 23.2 Å². The monoisotopic (exact) mass is 505 g/mol. The Bertz CT molecular complexity index is 1210. The summed E-state index contributed by atoms with van der Waals surface area (Å²) < 4.78 is 11.0. The molecular weight excluding hydrogens is 470 g/mol. The second-order valence-corrected chi connectivity index (χ2v) is 9.46. The summed E-state index contributed by atoms with van der Waals surface area (Å²) >= 11 is 0. The van der Waals surface area contributed by atoms with E-state index in [4.69, 9.17) is 19.4 Å². The van der Waals surface area contributed by atoms with Crippen LogP contribution in [0.4, 0.5) is 34.8 Å². The van der Waals surface area contributed by atoms with Crippen LogP contribution in [0, 0.1) is 6.92 Å². The van der Waals surface area contributed by atoms with E-state index in [1.165, 1.54) is 0 Å². The van der Waals surface area contributed by atoms with Gasteiger partial charge in [-0.2, -0.15) is 4.98 Å². The van der Waals surface area contributed by atoms with Gasteiger partial charge in [0, 0.05) is 69.0 Å². The van der Waals surface area contributed by atoms with E-state index in [1.807, 2.05) is 48.3 Å². The Balaban J connectivity index is 1.42. The molecule has 2 fully saturated rings. The van der Waals surface area contributed by atoms with Crippen LogP contribution in [0.3, 0.4) is 0 Å². The zero-order chi connectivity index (χ0) is 25.8. The quantitative estimate of drug-likeness (QED) is 0.496. The number of nitrogens with zero attached hydrogens (tertiary/aromatic N) is 6. The first-order valence-electron chi connectivity index (χ1n) is 12.8. The van der Waals surface area contributed by atoms with Gasteiger partial charge in [-0.3, -0.25) is 0 Å². The zero-order valence-corrected chi connectivity index (χ0v) is 21.7. The Labute approximate surface area is 217 Å². The van der Waals surface area contributed by atoms with Crippen molar-refractivity contribution in [1.82, 2.24) is 15.0 Å². The van der Waals surface area contributed by atoms with Gasteiger partial charge in [0.25, 0.3) is 0 Å². The molecule has 0 saturated carbocycles. The Morgan fingerprint density at radius 2 is 1.70 bits per heavy atom. The van der Waals surface area contributed by atoms with Gasteiger partial charge < -0.3 is 34.6 Å². The van der Waals surface area contributed by atoms with Crippen LogP contribution >= 0.6 is 0 Å². The van der Waals surface area contributed by atoms with Gasteiger partial charge >= 0.3 is 0 Å². The molecule has 2 aliphatic rings. The maximum absolute atomic E-state index is 9.97. The predicted molar refractivity (Wildman–Crippen MR) is 146 cm³/mol. The van der Waals surface area contributed by atoms with Crippen molar-refractivity contribution in [3.05, 3.63) is 48.2 Å². The standard InChI is InChI=1S/C27H35N7O3/c1-19-4-5-22(36-3)18-23(19)32(2)24-6-9-28-27(31-24)29-20-16-25(33-10-7-21(35)8-11-33)30-26(17-20)34-12-14-37-15-13-34/h4-6,9,16-18,21,35H,7-8,10-15H2,1-3H3,(H,28,29,30,31). The van der Waals surface area contributed by atoms with Crippen LogP contribution in [0.15, 0.2) is 42.6 Å². The van der Waals surface area contributed by atoms with Crippen molar-refractivity contribution in [2.45, 2.75) is 25.9 Å². The first-order valence-corrected chi connectivity index (χ1v) is 12.8. The molecule has 0 spiro atoms. The van der Waals surface area contributed by atoms with Crippen molar-refractivity contribution < 1.29 is 14.6 Å². The number of piperidine rings is 1. The first kappa shape index (κ1) is 25.0. The van der Waals surface area contributed by atoms with Crippen molar-refractivity contribution in [2.75, 3.05) is 73.6 Å². The molecule has 2 aromatic heterocycles. The van der Waals surface area contributed by atoms with Crippen LogP contribution in [-0.2, 0) is 4.74 Å². The molecule has 37 heavy (non-hydrogen) atoms. The van der Waals surface area contributed by atoms with Gasteiger partial charge in [-0.1, -0.05) is 6.07 Å². The average Bonchev–Trinajstić information content (AvgIpc) is 2.94. The number of aliphatic hydroxyl groups is 1. The third kappa shape index (κ3) is 5.86. The van der Waals surface area contributed by atoms with Gasteiger partial charge in [0.15, 0.2) is 0 Å². The summed E-state index contributed by atoms with van der Waals surface area (Å²) in [4.78, 5) is 20.8. The summed E-state index contributed by atoms with van der Waals surface area (Å²) in [5.74, 6) is 3.85. The number of morpholine rings is 1. The van der Waals surface area contributed by atoms with Gasteiger partial charge in [-0.15, -0.1) is 0 Å². The maximum atomic E-state index is 9.97. The molecule has 1 aromatic carbocycles. The van der Waals surface area contributed by atoms with Crippen LogP contribution in [0.1, 0.15) is 18.4 Å². The normalized spacial score (nSPS) is 16.5. The number of benzene rings is 1. The minimum Gasteiger partial charge on any atom is -0.497 e. The summed E-state index contributed by atoms with van der Waals surface area (Å²) in [6, 6.07) is 12.0. The second kappa shape index (κ2) is 11.2. The van der Waals surface area contributed by atoms with E-state index in [-0.39, 0.29) is 6.10 Å². The Morgan fingerprint density at radius 1 is 1.00 bits per heavy atom. The van der Waals surface area contributed by atoms with Gasteiger partial charge in [0.2, 0.25) is 5.95 Å². The van der Waals surface area contributed by atoms with Crippen LogP contribution < -0.4 is 24.8 Å². The molecule has 0 aliphatic carbocycles. The van der Waals surface area contributed by atoms with Crippen LogP contribution in [-0.4, -0.2) is 79.7 Å². The Morgan fingerprint density at radius 3 is 2.41 bits per heavy atom. The lowest BCUT2D eigenvalue weighted by molar-refractivity contribution is 0.122. The number of hydrogen-bond donors (Lipinski definition) is 2. The molecule has 2 aliphatic heterocycles. The van der Waals surface area contributed by atoms with Crippen molar-refractivity contribution in [3.8, 4) is 5.75 Å². The molecule has 0 unspecified atom stereocenters. The largest absolute Gasteiger partial charge is 0.497 e. The highest BCUT2D eigenvalue weighted by Crippen LogP contribution is 2.31. The molecule has 0 bridgehead atoms. The molecule has 4 heterocycles. The highest BCUT2D eigenvalue weighted by atomic mass is 16.5. The van der Waals surface area contributed by atoms with Crippen LogP contribution in [0.5, 0.6) is 5.75 Å². The zero-order valence-electron chi connectivity index (χ0n) is 21.7. The highest BCUT2D eigenvalue weighted by molar-refractivity contribution is 5.68. The van der Waals surface area contributed by atoms with Crippen molar-refractivity contribution in [1.29, 1.82) is 0 Å². The van der Waals surface area contributed by atoms with E-state index in [9.17, 15) is 5.11 Å². The van der Waals surface area contributed by atoms with Gasteiger partial charge in [-0.25, -0.2) is 9.97 Å². The minimum atomic E-state index is -0.238. The molecule has 0 atom stereocenters. The fraction of sp³-hybridized carbons (Fsp3) is 0.444. The lowest BCUT2D eigenvalue weighted by atomic mass is 10.1. The molecule has 5 rings (SSSR count). The summed E-state index contributed by atoms with van der Waals surface area (Å²) in [5.41, 5.74) is 3.00. The molecule has 3 aromatic rings. The molecule has 10 nitrogen and oxygen atoms in total. The molecule has 0 radical (unpaired) electrons. The van der Waals surface area contributed by atoms with Crippen molar-refractivity contribution in [2.24, 2.45) is 0 Å². The summed E-state index contributed by atoms with van der Waals surface area (Å²) in [6.07, 6.45) is 3.01. The number of methoxy groups -OCH3 is 1. The number of rotatable bonds is 7. The average molecular weight is 506 g/mol. The molecule has 10 heteroatoms. The van der Waals surface area contributed by atoms with Gasteiger partial charge in [0.05, 0.1) is 26.4 Å². The van der Waals surface area contributed by atoms with Crippen molar-refractivity contribution >= 4 is 34.8 Å². The van der Waals surface area contributed by atoms with E-state index < -0.39 is 0 Å². The highest BCUT2D eigenvalue weighted by Gasteiger charge is 2.21. The summed E-state index contributed by atoms with van der Waals surface area (Å²) in [7, 11) is 3.65. The van der Waals surface area contributed by atoms with Crippen molar-refractivity contribution in [3.63, 3.8) is 0 Å². The smallest absolute Gasteiger partial charge is 0.229 e. The Hall–Kier alpha value is -3.63. The van der Waals surface area contributed by atoms with E-state index >= 15 is 0 Å². The van der Waals surface area contributed by atoms with E-state index in [2.05, 4.69) is 27.0 Å². The molecule has 2 N–H and O–H groups in total. The minimum absolute atomic E-state index is 0.238. The van der Waals surface area contributed by atoms with E-state index in [0.29, 0.717) is 19.2 Å². The number of hydrogen-bond acceptors (Lipinski definition) is 10. The topological polar surface area (TPSA) is 99.1 Å². The lowest BCUT2D eigenvalue weighted by Crippen LogP contribution is -2.38. The number of nitrogens with one attached hydrogen (secondary N) is 1. The third-order valence-electron chi connectivity index (χ3n) is 6.94. The molecular formula is C27H35N7O3. The molecule has 0 amide bonds. The van der Waals surface area contributed by atoms with E-state index in [1.54, 1.807) is 13.3 Å². The number of ether oxygens (including phenoxy) is 2. The summed E-state index contributed by atoms with van der Waals surface area (Å²) in [5, 5.41) is 13.4. The van der Waals surface area contributed by atoms with Gasteiger partial charge in [-0.05, 0) is 37.5 Å². The second-order valence-electron chi connectivity index (χ2n) is 9.46. The van der Waals surface area contributed by atoms with E-state index in [0.717, 1.165) is 79.2 Å². The number of aryl methyl sites for hydroxylation is 1. The SMILES string of the molecule is COc1ccc(C)c(N(C)c2ccnc(Nc3cc(N4CCOCC4)nc(N4CCC(O)CC4)c3)n2)c1. The van der Waals surface area contributed by atoms with Crippen LogP contribution in [0.25, 0.3) is 0 Å². The molecule has 196 valence electrons. The molecule has 2 saturated heterocycles. The maximum Gasteiger partial charge on any atom is 0.229 e. The predicted octanol–water partition coefficient (Wildman–Crippen LogP) is 3.50. The third-order valence-corrected chi connectivity index (χ3v) is 6.94. The number of anilines is 6. The fourth-order valence-corrected chi connectivity index (χ4v) is 4.71. The number of aromatic nitrogens is 3. The van der Waals surface area contributed by atoms with Crippen LogP contribution in [0.2, 0.25) is 0 Å². The fourth-order valence-electron chi connectivity index (χ4n) is 4.71. The number of pyridine rings is 1.